The second kappa shape index (κ2) is 6.51. The van der Waals surface area contributed by atoms with Gasteiger partial charge in [-0.15, -0.1) is 0 Å². The highest BCUT2D eigenvalue weighted by Crippen LogP contribution is 2.27. The fourth-order valence-electron chi connectivity index (χ4n) is 2.03. The van der Waals surface area contributed by atoms with E-state index in [2.05, 4.69) is 9.73 Å². The fraction of sp³-hybridized carbons (Fsp3) is 0.0625. The number of ether oxygens (including phenoxy) is 2. The standard InChI is InChI=1S/C16H9Cl2NO5/c1-22-16(21)13-8(4-5-23-13)6-12-15(20)24-14(19-12)10-3-2-9(17)7-11(10)18/h2-7H,1H3/b12-6+. The SMILES string of the molecule is COC(=O)c1occc1/C=C1/N=C(c2ccc(Cl)cc2Cl)OC1=O. The molecule has 0 amide bonds. The maximum atomic E-state index is 12.0. The van der Waals surface area contributed by atoms with E-state index < -0.39 is 11.9 Å². The van der Waals surface area contributed by atoms with Crippen LogP contribution < -0.4 is 0 Å². The molecule has 3 rings (SSSR count). The minimum Gasteiger partial charge on any atom is -0.463 e. The first-order chi connectivity index (χ1) is 11.5. The molecule has 1 aliphatic rings. The van der Waals surface area contributed by atoms with Gasteiger partial charge in [-0.2, -0.15) is 0 Å². The van der Waals surface area contributed by atoms with Gasteiger partial charge in [-0.3, -0.25) is 0 Å². The van der Waals surface area contributed by atoms with Crippen molar-refractivity contribution in [2.75, 3.05) is 7.11 Å². The van der Waals surface area contributed by atoms with Crippen LogP contribution >= 0.6 is 23.2 Å². The Morgan fingerprint density at radius 3 is 2.79 bits per heavy atom. The third-order valence-electron chi connectivity index (χ3n) is 3.14. The van der Waals surface area contributed by atoms with E-state index in [0.29, 0.717) is 21.2 Å². The van der Waals surface area contributed by atoms with Crippen LogP contribution in [0.3, 0.4) is 0 Å². The van der Waals surface area contributed by atoms with Gasteiger partial charge in [-0.1, -0.05) is 23.2 Å². The van der Waals surface area contributed by atoms with Gasteiger partial charge in [0.1, 0.15) is 0 Å². The molecule has 2 aromatic rings. The Balaban J connectivity index is 1.98. The third-order valence-corrected chi connectivity index (χ3v) is 3.69. The molecule has 6 nitrogen and oxygen atoms in total. The first-order valence-electron chi connectivity index (χ1n) is 6.63. The third kappa shape index (κ3) is 3.06. The highest BCUT2D eigenvalue weighted by molar-refractivity contribution is 6.37. The van der Waals surface area contributed by atoms with Crippen LogP contribution in [0.1, 0.15) is 21.7 Å². The second-order valence-electron chi connectivity index (χ2n) is 4.66. The van der Waals surface area contributed by atoms with Crippen LogP contribution in [0.2, 0.25) is 10.0 Å². The summed E-state index contributed by atoms with van der Waals surface area (Å²) in [4.78, 5) is 27.7. The molecule has 1 aromatic heterocycles. The number of methoxy groups -OCH3 is 1. The highest BCUT2D eigenvalue weighted by atomic mass is 35.5. The van der Waals surface area contributed by atoms with Gasteiger partial charge < -0.3 is 13.9 Å². The van der Waals surface area contributed by atoms with Gasteiger partial charge in [0.15, 0.2) is 5.70 Å². The summed E-state index contributed by atoms with van der Waals surface area (Å²) < 4.78 is 14.8. The lowest BCUT2D eigenvalue weighted by Gasteiger charge is -2.02. The number of cyclic esters (lactones) is 1. The van der Waals surface area contributed by atoms with Gasteiger partial charge in [0.05, 0.1) is 24.0 Å². The molecule has 0 aliphatic carbocycles. The summed E-state index contributed by atoms with van der Waals surface area (Å²) in [5.74, 6) is -1.32. The molecule has 0 fully saturated rings. The van der Waals surface area contributed by atoms with Crippen molar-refractivity contribution in [3.8, 4) is 0 Å². The quantitative estimate of drug-likeness (QED) is 0.611. The van der Waals surface area contributed by atoms with E-state index in [9.17, 15) is 9.59 Å². The number of halogens is 2. The summed E-state index contributed by atoms with van der Waals surface area (Å²) >= 11 is 11.9. The lowest BCUT2D eigenvalue weighted by molar-refractivity contribution is -0.129. The second-order valence-corrected chi connectivity index (χ2v) is 5.50. The van der Waals surface area contributed by atoms with Crippen molar-refractivity contribution in [3.63, 3.8) is 0 Å². The summed E-state index contributed by atoms with van der Waals surface area (Å²) in [6.45, 7) is 0. The topological polar surface area (TPSA) is 78.1 Å². The Labute approximate surface area is 146 Å². The van der Waals surface area contributed by atoms with E-state index in [-0.39, 0.29) is 17.4 Å². The molecule has 0 atom stereocenters. The lowest BCUT2D eigenvalue weighted by Crippen LogP contribution is -2.06. The highest BCUT2D eigenvalue weighted by Gasteiger charge is 2.27. The molecule has 0 N–H and O–H groups in total. The molecule has 0 spiro atoms. The summed E-state index contributed by atoms with van der Waals surface area (Å²) in [6.07, 6.45) is 2.68. The summed E-state index contributed by atoms with van der Waals surface area (Å²) in [7, 11) is 1.23. The maximum absolute atomic E-state index is 12.0. The molecule has 1 aliphatic heterocycles. The first kappa shape index (κ1) is 16.3. The lowest BCUT2D eigenvalue weighted by atomic mass is 10.2. The van der Waals surface area contributed by atoms with Crippen molar-refractivity contribution in [1.82, 2.24) is 0 Å². The van der Waals surface area contributed by atoms with Gasteiger partial charge in [-0.05, 0) is 30.3 Å². The van der Waals surface area contributed by atoms with Crippen molar-refractivity contribution in [3.05, 3.63) is 63.2 Å². The average Bonchev–Trinajstić information content (AvgIpc) is 3.14. The van der Waals surface area contributed by atoms with Crippen molar-refractivity contribution in [2.45, 2.75) is 0 Å². The molecule has 0 radical (unpaired) electrons. The first-order valence-corrected chi connectivity index (χ1v) is 7.39. The zero-order chi connectivity index (χ0) is 17.3. The molecular weight excluding hydrogens is 357 g/mol. The molecule has 0 bridgehead atoms. The van der Waals surface area contributed by atoms with Crippen LogP contribution in [0.25, 0.3) is 6.08 Å². The van der Waals surface area contributed by atoms with Gasteiger partial charge in [0.25, 0.3) is 0 Å². The van der Waals surface area contributed by atoms with E-state index in [1.807, 2.05) is 0 Å². The Morgan fingerprint density at radius 2 is 2.08 bits per heavy atom. The van der Waals surface area contributed by atoms with Gasteiger partial charge >= 0.3 is 11.9 Å². The number of aliphatic imine (C=N–C) groups is 1. The number of furan rings is 1. The van der Waals surface area contributed by atoms with Crippen LogP contribution in [0.15, 0.2) is 45.6 Å². The van der Waals surface area contributed by atoms with Gasteiger partial charge in [0, 0.05) is 10.6 Å². The van der Waals surface area contributed by atoms with E-state index in [4.69, 9.17) is 32.4 Å². The fourth-order valence-corrected chi connectivity index (χ4v) is 2.52. The van der Waals surface area contributed by atoms with Crippen molar-refractivity contribution < 1.29 is 23.5 Å². The van der Waals surface area contributed by atoms with E-state index in [1.165, 1.54) is 31.6 Å². The molecule has 1 aromatic carbocycles. The Bertz CT molecular complexity index is 898. The van der Waals surface area contributed by atoms with E-state index in [0.717, 1.165) is 0 Å². The van der Waals surface area contributed by atoms with Crippen molar-refractivity contribution in [2.24, 2.45) is 4.99 Å². The van der Waals surface area contributed by atoms with Crippen molar-refractivity contribution >= 4 is 47.1 Å². The normalized spacial score (nSPS) is 15.4. The van der Waals surface area contributed by atoms with Gasteiger partial charge in [-0.25, -0.2) is 14.6 Å². The molecule has 24 heavy (non-hydrogen) atoms. The average molecular weight is 366 g/mol. The minimum absolute atomic E-state index is 0.00238. The van der Waals surface area contributed by atoms with Crippen LogP contribution in [0, 0.1) is 0 Å². The zero-order valence-electron chi connectivity index (χ0n) is 12.2. The zero-order valence-corrected chi connectivity index (χ0v) is 13.7. The summed E-state index contributed by atoms with van der Waals surface area (Å²) in [5.41, 5.74) is 0.779. The largest absolute Gasteiger partial charge is 0.463 e. The number of esters is 2. The molecule has 2 heterocycles. The van der Waals surface area contributed by atoms with Gasteiger partial charge in [0.2, 0.25) is 11.7 Å². The molecule has 122 valence electrons. The smallest absolute Gasteiger partial charge is 0.374 e. The number of hydrogen-bond donors (Lipinski definition) is 0. The predicted octanol–water partition coefficient (Wildman–Crippen LogP) is 3.72. The predicted molar refractivity (Wildman–Crippen MR) is 87.1 cm³/mol. The Kier molecular flexibility index (Phi) is 4.42. The van der Waals surface area contributed by atoms with Crippen LogP contribution in [-0.2, 0) is 14.3 Å². The number of carbonyl (C=O) groups excluding carboxylic acids is 2. The number of carbonyl (C=O) groups is 2. The minimum atomic E-state index is -0.673. The van der Waals surface area contributed by atoms with Crippen LogP contribution in [0.5, 0.6) is 0 Å². The number of benzene rings is 1. The monoisotopic (exact) mass is 365 g/mol. The van der Waals surface area contributed by atoms with Crippen LogP contribution in [-0.4, -0.2) is 24.9 Å². The molecule has 0 saturated carbocycles. The molecule has 0 unspecified atom stereocenters. The summed E-state index contributed by atoms with van der Waals surface area (Å²) in [5, 5.41) is 0.749. The van der Waals surface area contributed by atoms with Crippen molar-refractivity contribution in [1.29, 1.82) is 0 Å². The number of rotatable bonds is 3. The molecule has 8 heteroatoms. The van der Waals surface area contributed by atoms with E-state index in [1.54, 1.807) is 12.1 Å². The molecular formula is C16H9Cl2NO5. The Hall–Kier alpha value is -2.57. The van der Waals surface area contributed by atoms with E-state index >= 15 is 0 Å². The summed E-state index contributed by atoms with van der Waals surface area (Å²) in [6, 6.07) is 6.22. The maximum Gasteiger partial charge on any atom is 0.374 e. The van der Waals surface area contributed by atoms with Crippen LogP contribution in [0.4, 0.5) is 0 Å². The number of hydrogen-bond acceptors (Lipinski definition) is 6. The Morgan fingerprint density at radius 1 is 1.29 bits per heavy atom. The number of nitrogens with zero attached hydrogens (tertiary/aromatic N) is 1. The molecule has 0 saturated heterocycles.